The number of para-hydroxylation sites is 1. The topological polar surface area (TPSA) is 327 Å². The van der Waals surface area contributed by atoms with E-state index in [0.29, 0.717) is 24.1 Å². The fraction of sp³-hybridized carbons (Fsp3) is 0.419. The number of primary amides is 1. The molecule has 0 saturated heterocycles. The second kappa shape index (κ2) is 24.3. The average molecular weight is 870 g/mol. The number of fused-ring (bicyclic) bond motifs is 1. The second-order valence-electron chi connectivity index (χ2n) is 15.3. The Kier molecular flexibility index (Phi) is 18.6. The molecule has 2 aromatic carbocycles. The quantitative estimate of drug-likeness (QED) is 0.0233. The highest BCUT2D eigenvalue weighted by Gasteiger charge is 2.33. The third kappa shape index (κ3) is 15.6. The monoisotopic (exact) mass is 869 g/mol. The van der Waals surface area contributed by atoms with Gasteiger partial charge in [0.1, 0.15) is 36.3 Å². The van der Waals surface area contributed by atoms with Crippen LogP contribution in [0.5, 0.6) is 0 Å². The lowest BCUT2D eigenvalue weighted by Crippen LogP contribution is -2.60. The van der Waals surface area contributed by atoms with Gasteiger partial charge < -0.3 is 59.1 Å². The summed E-state index contributed by atoms with van der Waals surface area (Å²) in [6.45, 7) is 4.77. The third-order valence-corrected chi connectivity index (χ3v) is 10.2. The molecule has 0 fully saturated rings. The Labute approximate surface area is 365 Å². The molecule has 63 heavy (non-hydrogen) atoms. The van der Waals surface area contributed by atoms with Gasteiger partial charge in [-0.2, -0.15) is 0 Å². The van der Waals surface area contributed by atoms with Crippen molar-refractivity contribution in [3.63, 3.8) is 0 Å². The molecule has 14 N–H and O–H groups in total. The number of benzene rings is 2. The standard InChI is InChI=1S/C43H59N13O7/c1-4-5-15-32(52-26(3)57)40(61)56-36(21-29-23-47-24-50-29)42(63)55-35(19-27-12-7-6-8-13-27)41(62)53-33(17-11-18-48-43(45)46)39(60)51-25(2)38(59)54-34(37(44)58)20-28-22-49-31-16-10-9-14-30(28)31/h6-10,12-14,16,22-25,32-36,49H,4-5,11,15,17-21H2,1-3H3,(H2,44,58)(H,47,50)(H,51,60)(H,52,57)(H,53,62)(H,54,59)(H,55,63)(H,56,61)(H4,45,46,48). The molecule has 4 rings (SSSR count). The van der Waals surface area contributed by atoms with Gasteiger partial charge in [0.05, 0.1) is 6.33 Å². The van der Waals surface area contributed by atoms with E-state index in [2.05, 4.69) is 51.8 Å². The summed E-state index contributed by atoms with van der Waals surface area (Å²) in [7, 11) is 0. The van der Waals surface area contributed by atoms with Crippen LogP contribution in [0.3, 0.4) is 0 Å². The van der Waals surface area contributed by atoms with E-state index in [1.54, 1.807) is 36.5 Å². The third-order valence-electron chi connectivity index (χ3n) is 10.2. The van der Waals surface area contributed by atoms with Crippen LogP contribution >= 0.6 is 0 Å². The summed E-state index contributed by atoms with van der Waals surface area (Å²) in [5, 5.41) is 17.0. The van der Waals surface area contributed by atoms with Crippen molar-refractivity contribution < 1.29 is 33.6 Å². The fourth-order valence-electron chi connectivity index (χ4n) is 6.82. The number of H-pyrrole nitrogens is 2. The van der Waals surface area contributed by atoms with E-state index in [1.807, 2.05) is 31.2 Å². The van der Waals surface area contributed by atoms with E-state index in [9.17, 15) is 33.6 Å². The molecule has 6 atom stereocenters. The minimum Gasteiger partial charge on any atom is -0.370 e. The van der Waals surface area contributed by atoms with E-state index in [0.717, 1.165) is 22.9 Å². The smallest absolute Gasteiger partial charge is 0.243 e. The maximum Gasteiger partial charge on any atom is 0.243 e. The molecule has 338 valence electrons. The van der Waals surface area contributed by atoms with Gasteiger partial charge in [-0.1, -0.05) is 68.3 Å². The van der Waals surface area contributed by atoms with Gasteiger partial charge in [-0.05, 0) is 43.4 Å². The fourth-order valence-corrected chi connectivity index (χ4v) is 6.82. The Balaban J connectivity index is 1.54. The number of unbranched alkanes of at least 4 members (excludes halogenated alkanes) is 1. The number of amides is 7. The highest BCUT2D eigenvalue weighted by molar-refractivity contribution is 5.97. The summed E-state index contributed by atoms with van der Waals surface area (Å²) in [5.74, 6) is -4.86. The molecule has 0 spiro atoms. The number of nitrogens with two attached hydrogens (primary N) is 3. The summed E-state index contributed by atoms with van der Waals surface area (Å²) in [6, 6.07) is 9.34. The SMILES string of the molecule is CCCCC(NC(C)=O)C(=O)NC(Cc1cnc[nH]1)C(=O)NC(Cc1ccccc1)C(=O)NC(CCCN=C(N)N)C(=O)NC(C)C(=O)NC(Cc1c[nH]c2ccccc12)C(N)=O. The van der Waals surface area contributed by atoms with Gasteiger partial charge in [-0.3, -0.25) is 38.6 Å². The van der Waals surface area contributed by atoms with Crippen molar-refractivity contribution in [2.24, 2.45) is 22.2 Å². The minimum absolute atomic E-state index is 0.0137. The Morgan fingerprint density at radius 1 is 0.667 bits per heavy atom. The average Bonchev–Trinajstić information content (AvgIpc) is 3.92. The van der Waals surface area contributed by atoms with Crippen LogP contribution in [-0.2, 0) is 52.8 Å². The number of carbonyl (C=O) groups is 7. The second-order valence-corrected chi connectivity index (χ2v) is 15.3. The number of guanidine groups is 1. The Bertz CT molecular complexity index is 2190. The van der Waals surface area contributed by atoms with Crippen molar-refractivity contribution in [3.05, 3.63) is 90.1 Å². The van der Waals surface area contributed by atoms with Gasteiger partial charge in [0.25, 0.3) is 0 Å². The van der Waals surface area contributed by atoms with E-state index < -0.39 is 77.6 Å². The molecule has 0 aliphatic heterocycles. The predicted molar refractivity (Wildman–Crippen MR) is 236 cm³/mol. The van der Waals surface area contributed by atoms with Crippen molar-refractivity contribution in [2.75, 3.05) is 6.54 Å². The van der Waals surface area contributed by atoms with E-state index in [4.69, 9.17) is 17.2 Å². The first kappa shape index (κ1) is 48.4. The first-order valence-electron chi connectivity index (χ1n) is 20.8. The molecular formula is C43H59N13O7. The number of aromatic amines is 2. The number of carbonyl (C=O) groups excluding carboxylic acids is 7. The molecule has 20 heteroatoms. The largest absolute Gasteiger partial charge is 0.370 e. The zero-order valence-corrected chi connectivity index (χ0v) is 35.7. The number of nitrogens with zero attached hydrogens (tertiary/aromatic N) is 2. The molecule has 0 radical (unpaired) electrons. The molecule has 0 bridgehead atoms. The van der Waals surface area contributed by atoms with Gasteiger partial charge in [0.2, 0.25) is 41.4 Å². The molecule has 0 aliphatic carbocycles. The summed E-state index contributed by atoms with van der Waals surface area (Å²) in [4.78, 5) is 108. The van der Waals surface area contributed by atoms with Gasteiger partial charge in [0.15, 0.2) is 5.96 Å². The van der Waals surface area contributed by atoms with Crippen LogP contribution in [0.4, 0.5) is 0 Å². The van der Waals surface area contributed by atoms with E-state index >= 15 is 0 Å². The maximum atomic E-state index is 14.3. The van der Waals surface area contributed by atoms with Gasteiger partial charge in [0, 0.05) is 61.7 Å². The van der Waals surface area contributed by atoms with Gasteiger partial charge in [-0.15, -0.1) is 0 Å². The predicted octanol–water partition coefficient (Wildman–Crippen LogP) is -0.403. The van der Waals surface area contributed by atoms with Crippen LogP contribution in [0.25, 0.3) is 10.9 Å². The van der Waals surface area contributed by atoms with Gasteiger partial charge in [-0.25, -0.2) is 4.98 Å². The summed E-state index contributed by atoms with van der Waals surface area (Å²) >= 11 is 0. The van der Waals surface area contributed by atoms with Crippen LogP contribution in [0.1, 0.15) is 69.7 Å². The molecule has 2 heterocycles. The number of nitrogens with one attached hydrogen (secondary N) is 8. The first-order valence-corrected chi connectivity index (χ1v) is 20.8. The zero-order chi connectivity index (χ0) is 45.9. The number of rotatable bonds is 25. The molecule has 2 aromatic heterocycles. The van der Waals surface area contributed by atoms with Crippen molar-refractivity contribution in [1.82, 2.24) is 46.9 Å². The Morgan fingerprint density at radius 2 is 1.25 bits per heavy atom. The minimum atomic E-state index is -1.28. The zero-order valence-electron chi connectivity index (χ0n) is 35.7. The number of aliphatic imine (C=N–C) groups is 1. The molecule has 0 saturated carbocycles. The lowest BCUT2D eigenvalue weighted by molar-refractivity contribution is -0.135. The number of aromatic nitrogens is 3. The van der Waals surface area contributed by atoms with Crippen molar-refractivity contribution in [2.45, 2.75) is 108 Å². The molecular weight excluding hydrogens is 811 g/mol. The lowest BCUT2D eigenvalue weighted by atomic mass is 10.0. The Morgan fingerprint density at radius 3 is 1.89 bits per heavy atom. The highest BCUT2D eigenvalue weighted by Crippen LogP contribution is 2.19. The summed E-state index contributed by atoms with van der Waals surface area (Å²) in [6.07, 6.45) is 6.66. The van der Waals surface area contributed by atoms with Crippen LogP contribution in [-0.4, -0.2) is 105 Å². The maximum absolute atomic E-state index is 14.3. The highest BCUT2D eigenvalue weighted by atomic mass is 16.2. The summed E-state index contributed by atoms with van der Waals surface area (Å²) in [5.41, 5.74) is 19.5. The van der Waals surface area contributed by atoms with Crippen LogP contribution in [0, 0.1) is 0 Å². The van der Waals surface area contributed by atoms with Crippen LogP contribution < -0.4 is 49.1 Å². The molecule has 0 aliphatic rings. The number of imidazole rings is 1. The van der Waals surface area contributed by atoms with Crippen molar-refractivity contribution in [3.8, 4) is 0 Å². The molecule has 6 unspecified atom stereocenters. The Hall–Kier alpha value is -7.25. The van der Waals surface area contributed by atoms with Crippen LogP contribution in [0.2, 0.25) is 0 Å². The molecule has 7 amide bonds. The molecule has 20 nitrogen and oxygen atoms in total. The van der Waals surface area contributed by atoms with Gasteiger partial charge >= 0.3 is 0 Å². The van der Waals surface area contributed by atoms with Crippen molar-refractivity contribution in [1.29, 1.82) is 0 Å². The summed E-state index contributed by atoms with van der Waals surface area (Å²) < 4.78 is 0. The normalized spacial score (nSPS) is 13.8. The van der Waals surface area contributed by atoms with Crippen LogP contribution in [0.15, 0.2) is 78.3 Å². The lowest BCUT2D eigenvalue weighted by Gasteiger charge is -2.27. The van der Waals surface area contributed by atoms with Crippen molar-refractivity contribution >= 4 is 58.2 Å². The number of hydrogen-bond acceptors (Lipinski definition) is 9. The van der Waals surface area contributed by atoms with E-state index in [1.165, 1.54) is 26.4 Å². The van der Waals surface area contributed by atoms with E-state index in [-0.39, 0.29) is 44.6 Å². The number of hydrogen-bond donors (Lipinski definition) is 11. The first-order chi connectivity index (χ1) is 30.1. The molecule has 4 aromatic rings.